The number of benzene rings is 1. The SMILES string of the molecule is CCN(C)c1ccc(C(N)=S)c(F)c1. The maximum absolute atomic E-state index is 13.4. The highest BCUT2D eigenvalue weighted by Gasteiger charge is 2.07. The molecule has 4 heteroatoms. The standard InChI is InChI=1S/C10H13FN2S/c1-3-13(2)7-4-5-8(10(12)14)9(11)6-7/h4-6H,3H2,1-2H3,(H2,12,14). The van der Waals surface area contributed by atoms with E-state index in [9.17, 15) is 4.39 Å². The van der Waals surface area contributed by atoms with Gasteiger partial charge in [-0.2, -0.15) is 0 Å². The summed E-state index contributed by atoms with van der Waals surface area (Å²) in [5, 5.41) is 0. The summed E-state index contributed by atoms with van der Waals surface area (Å²) < 4.78 is 13.4. The number of anilines is 1. The fraction of sp³-hybridized carbons (Fsp3) is 0.300. The van der Waals surface area contributed by atoms with Crippen LogP contribution in [0.25, 0.3) is 0 Å². The molecule has 0 bridgehead atoms. The van der Waals surface area contributed by atoms with Gasteiger partial charge in [-0.15, -0.1) is 0 Å². The molecule has 0 heterocycles. The van der Waals surface area contributed by atoms with Crippen LogP contribution in [0.2, 0.25) is 0 Å². The first-order valence-corrected chi connectivity index (χ1v) is 4.77. The topological polar surface area (TPSA) is 29.3 Å². The number of hydrogen-bond acceptors (Lipinski definition) is 2. The summed E-state index contributed by atoms with van der Waals surface area (Å²) in [5.74, 6) is -0.365. The highest BCUT2D eigenvalue weighted by molar-refractivity contribution is 7.80. The molecule has 2 N–H and O–H groups in total. The van der Waals surface area contributed by atoms with Crippen molar-refractivity contribution in [3.63, 3.8) is 0 Å². The lowest BCUT2D eigenvalue weighted by Crippen LogP contribution is -2.17. The lowest BCUT2D eigenvalue weighted by Gasteiger charge is -2.17. The van der Waals surface area contributed by atoms with Gasteiger partial charge in [-0.25, -0.2) is 4.39 Å². The minimum atomic E-state index is -0.365. The Hall–Kier alpha value is -1.16. The molecule has 0 amide bonds. The first-order chi connectivity index (χ1) is 6.56. The van der Waals surface area contributed by atoms with E-state index >= 15 is 0 Å². The van der Waals surface area contributed by atoms with E-state index in [0.717, 1.165) is 12.2 Å². The molecule has 1 aromatic carbocycles. The van der Waals surface area contributed by atoms with Crippen molar-refractivity contribution in [1.82, 2.24) is 0 Å². The normalized spacial score (nSPS) is 9.93. The van der Waals surface area contributed by atoms with E-state index < -0.39 is 0 Å². The summed E-state index contributed by atoms with van der Waals surface area (Å²) in [6.45, 7) is 2.82. The summed E-state index contributed by atoms with van der Waals surface area (Å²) in [6, 6.07) is 4.86. The third kappa shape index (κ3) is 2.20. The number of hydrogen-bond donors (Lipinski definition) is 1. The molecule has 0 radical (unpaired) electrons. The maximum Gasteiger partial charge on any atom is 0.135 e. The van der Waals surface area contributed by atoms with Gasteiger partial charge in [-0.05, 0) is 25.1 Å². The molecule has 0 aliphatic heterocycles. The highest BCUT2D eigenvalue weighted by atomic mass is 32.1. The molecule has 14 heavy (non-hydrogen) atoms. The lowest BCUT2D eigenvalue weighted by molar-refractivity contribution is 0.625. The Morgan fingerprint density at radius 1 is 1.57 bits per heavy atom. The molecule has 0 saturated carbocycles. The molecule has 76 valence electrons. The lowest BCUT2D eigenvalue weighted by atomic mass is 10.2. The molecule has 1 aromatic rings. The molecule has 0 aliphatic carbocycles. The summed E-state index contributed by atoms with van der Waals surface area (Å²) >= 11 is 4.71. The van der Waals surface area contributed by atoms with Gasteiger partial charge in [0.05, 0.1) is 0 Å². The first-order valence-electron chi connectivity index (χ1n) is 4.36. The molecule has 0 unspecified atom stereocenters. The number of nitrogens with zero attached hydrogens (tertiary/aromatic N) is 1. The van der Waals surface area contributed by atoms with Gasteiger partial charge in [0.1, 0.15) is 10.8 Å². The summed E-state index contributed by atoms with van der Waals surface area (Å²) in [5.41, 5.74) is 6.47. The smallest absolute Gasteiger partial charge is 0.135 e. The van der Waals surface area contributed by atoms with Crippen molar-refractivity contribution in [3.8, 4) is 0 Å². The molecule has 0 spiro atoms. The second-order valence-electron chi connectivity index (χ2n) is 3.04. The minimum Gasteiger partial charge on any atom is -0.389 e. The molecule has 0 aromatic heterocycles. The van der Waals surface area contributed by atoms with Gasteiger partial charge in [-0.1, -0.05) is 12.2 Å². The zero-order chi connectivity index (χ0) is 10.7. The van der Waals surface area contributed by atoms with Gasteiger partial charge >= 0.3 is 0 Å². The maximum atomic E-state index is 13.4. The summed E-state index contributed by atoms with van der Waals surface area (Å²) in [7, 11) is 1.90. The van der Waals surface area contributed by atoms with Crippen LogP contribution in [0, 0.1) is 5.82 Å². The Labute approximate surface area is 88.5 Å². The van der Waals surface area contributed by atoms with Crippen molar-refractivity contribution in [2.45, 2.75) is 6.92 Å². The second kappa shape index (κ2) is 4.37. The second-order valence-corrected chi connectivity index (χ2v) is 3.48. The van der Waals surface area contributed by atoms with Crippen molar-refractivity contribution in [2.75, 3.05) is 18.5 Å². The van der Waals surface area contributed by atoms with Crippen molar-refractivity contribution < 1.29 is 4.39 Å². The van der Waals surface area contributed by atoms with Crippen LogP contribution in [-0.4, -0.2) is 18.6 Å². The highest BCUT2D eigenvalue weighted by Crippen LogP contribution is 2.17. The van der Waals surface area contributed by atoms with Gasteiger partial charge in [0, 0.05) is 24.8 Å². The van der Waals surface area contributed by atoms with Crippen molar-refractivity contribution >= 4 is 22.9 Å². The van der Waals surface area contributed by atoms with Crippen LogP contribution in [0.1, 0.15) is 12.5 Å². The van der Waals surface area contributed by atoms with E-state index in [4.69, 9.17) is 18.0 Å². The van der Waals surface area contributed by atoms with Gasteiger partial charge in [-0.3, -0.25) is 0 Å². The average Bonchev–Trinajstić information content (AvgIpc) is 2.15. The van der Waals surface area contributed by atoms with Crippen LogP contribution < -0.4 is 10.6 Å². The van der Waals surface area contributed by atoms with Gasteiger partial charge in [0.25, 0.3) is 0 Å². The van der Waals surface area contributed by atoms with E-state index in [1.165, 1.54) is 6.07 Å². The number of thiocarbonyl (C=S) groups is 1. The molecule has 2 nitrogen and oxygen atoms in total. The quantitative estimate of drug-likeness (QED) is 0.776. The van der Waals surface area contributed by atoms with E-state index in [1.54, 1.807) is 12.1 Å². The summed E-state index contributed by atoms with van der Waals surface area (Å²) in [4.78, 5) is 2.03. The molecular weight excluding hydrogens is 199 g/mol. The molecule has 0 atom stereocenters. The van der Waals surface area contributed by atoms with E-state index in [2.05, 4.69) is 0 Å². The van der Waals surface area contributed by atoms with Gasteiger partial charge in [0.2, 0.25) is 0 Å². The van der Waals surface area contributed by atoms with E-state index in [0.29, 0.717) is 5.56 Å². The predicted octanol–water partition coefficient (Wildman–Crippen LogP) is 1.92. The van der Waals surface area contributed by atoms with Gasteiger partial charge in [0.15, 0.2) is 0 Å². The predicted molar refractivity (Wildman–Crippen MR) is 61.2 cm³/mol. The van der Waals surface area contributed by atoms with Crippen molar-refractivity contribution in [2.24, 2.45) is 5.73 Å². The van der Waals surface area contributed by atoms with E-state index in [-0.39, 0.29) is 10.8 Å². The number of halogens is 1. The zero-order valence-electron chi connectivity index (χ0n) is 8.25. The molecule has 0 saturated heterocycles. The molecule has 1 rings (SSSR count). The first kappa shape index (κ1) is 10.9. The van der Waals surface area contributed by atoms with Crippen LogP contribution in [0.3, 0.4) is 0 Å². The zero-order valence-corrected chi connectivity index (χ0v) is 9.07. The van der Waals surface area contributed by atoms with Crippen LogP contribution in [0.15, 0.2) is 18.2 Å². The third-order valence-electron chi connectivity index (χ3n) is 2.13. The van der Waals surface area contributed by atoms with Gasteiger partial charge < -0.3 is 10.6 Å². The average molecular weight is 212 g/mol. The van der Waals surface area contributed by atoms with E-state index in [1.807, 2.05) is 18.9 Å². The number of rotatable bonds is 3. The fourth-order valence-corrected chi connectivity index (χ4v) is 1.29. The Morgan fingerprint density at radius 3 is 2.64 bits per heavy atom. The van der Waals surface area contributed by atoms with Crippen LogP contribution >= 0.6 is 12.2 Å². The van der Waals surface area contributed by atoms with Crippen molar-refractivity contribution in [3.05, 3.63) is 29.6 Å². The number of nitrogens with two attached hydrogens (primary N) is 1. The minimum absolute atomic E-state index is 0.0909. The molecular formula is C10H13FN2S. The van der Waals surface area contributed by atoms with Crippen LogP contribution in [0.4, 0.5) is 10.1 Å². The Morgan fingerprint density at radius 2 is 2.21 bits per heavy atom. The van der Waals surface area contributed by atoms with Crippen LogP contribution in [-0.2, 0) is 0 Å². The largest absolute Gasteiger partial charge is 0.389 e. The third-order valence-corrected chi connectivity index (χ3v) is 2.35. The van der Waals surface area contributed by atoms with Crippen molar-refractivity contribution in [1.29, 1.82) is 0 Å². The summed E-state index contributed by atoms with van der Waals surface area (Å²) in [6.07, 6.45) is 0. The Bertz CT molecular complexity index is 352. The fourth-order valence-electron chi connectivity index (χ4n) is 1.12. The molecule has 0 fully saturated rings. The monoisotopic (exact) mass is 212 g/mol. The van der Waals surface area contributed by atoms with Crippen LogP contribution in [0.5, 0.6) is 0 Å². The Kier molecular flexibility index (Phi) is 3.41. The Balaban J connectivity index is 3.06. The molecule has 0 aliphatic rings.